The monoisotopic (exact) mass is 186 g/mol. The van der Waals surface area contributed by atoms with Gasteiger partial charge in [-0.2, -0.15) is 0 Å². The molecule has 0 saturated carbocycles. The van der Waals surface area contributed by atoms with Gasteiger partial charge >= 0.3 is 0 Å². The van der Waals surface area contributed by atoms with Crippen LogP contribution in [0.25, 0.3) is 0 Å². The molecule has 2 rings (SSSR count). The SMILES string of the molecule is O=C([C@H]1C[C@@H](F)CN1)N1CCCC1. The Labute approximate surface area is 77.3 Å². The Hall–Kier alpha value is -0.640. The first-order valence-corrected chi connectivity index (χ1v) is 4.93. The lowest BCUT2D eigenvalue weighted by molar-refractivity contribution is -0.132. The summed E-state index contributed by atoms with van der Waals surface area (Å²) in [5.41, 5.74) is 0. The van der Waals surface area contributed by atoms with Gasteiger partial charge in [-0.25, -0.2) is 4.39 Å². The number of alkyl halides is 1. The van der Waals surface area contributed by atoms with E-state index in [0.717, 1.165) is 25.9 Å². The molecule has 4 heteroatoms. The van der Waals surface area contributed by atoms with Crippen molar-refractivity contribution in [1.29, 1.82) is 0 Å². The van der Waals surface area contributed by atoms with Crippen LogP contribution < -0.4 is 5.32 Å². The Bertz CT molecular complexity index is 204. The summed E-state index contributed by atoms with van der Waals surface area (Å²) < 4.78 is 12.8. The third kappa shape index (κ3) is 1.82. The number of carbonyl (C=O) groups excluding carboxylic acids is 1. The fourth-order valence-electron chi connectivity index (χ4n) is 2.04. The number of carbonyl (C=O) groups is 1. The summed E-state index contributed by atoms with van der Waals surface area (Å²) >= 11 is 0. The highest BCUT2D eigenvalue weighted by Crippen LogP contribution is 2.15. The second-order valence-corrected chi connectivity index (χ2v) is 3.83. The maximum atomic E-state index is 12.8. The second-order valence-electron chi connectivity index (χ2n) is 3.83. The first-order chi connectivity index (χ1) is 6.27. The van der Waals surface area contributed by atoms with Crippen molar-refractivity contribution in [1.82, 2.24) is 10.2 Å². The number of likely N-dealkylation sites (tertiary alicyclic amines) is 1. The van der Waals surface area contributed by atoms with Crippen LogP contribution in [0.5, 0.6) is 0 Å². The van der Waals surface area contributed by atoms with Crippen molar-refractivity contribution in [3.63, 3.8) is 0 Å². The number of hydrogen-bond donors (Lipinski definition) is 1. The van der Waals surface area contributed by atoms with Crippen LogP contribution in [0.1, 0.15) is 19.3 Å². The highest BCUT2D eigenvalue weighted by Gasteiger charge is 2.32. The third-order valence-electron chi connectivity index (χ3n) is 2.79. The average Bonchev–Trinajstić information content (AvgIpc) is 2.72. The number of rotatable bonds is 1. The van der Waals surface area contributed by atoms with E-state index in [0.29, 0.717) is 13.0 Å². The molecule has 1 amide bonds. The van der Waals surface area contributed by atoms with Crippen molar-refractivity contribution >= 4 is 5.91 Å². The zero-order valence-electron chi connectivity index (χ0n) is 7.63. The number of nitrogens with one attached hydrogen (secondary N) is 1. The van der Waals surface area contributed by atoms with E-state index in [1.165, 1.54) is 0 Å². The predicted molar refractivity (Wildman–Crippen MR) is 47.1 cm³/mol. The topological polar surface area (TPSA) is 32.3 Å². The Morgan fingerprint density at radius 3 is 2.62 bits per heavy atom. The minimum atomic E-state index is -0.837. The van der Waals surface area contributed by atoms with E-state index in [9.17, 15) is 9.18 Å². The maximum absolute atomic E-state index is 12.8. The van der Waals surface area contributed by atoms with Gasteiger partial charge in [-0.1, -0.05) is 0 Å². The van der Waals surface area contributed by atoms with Gasteiger partial charge < -0.3 is 10.2 Å². The first kappa shape index (κ1) is 8.94. The molecule has 1 N–H and O–H groups in total. The molecule has 2 heterocycles. The van der Waals surface area contributed by atoms with E-state index in [1.54, 1.807) is 0 Å². The molecule has 0 radical (unpaired) electrons. The number of nitrogens with zero attached hydrogens (tertiary/aromatic N) is 1. The smallest absolute Gasteiger partial charge is 0.239 e. The lowest BCUT2D eigenvalue weighted by Gasteiger charge is -2.19. The van der Waals surface area contributed by atoms with E-state index < -0.39 is 6.17 Å². The molecule has 0 aliphatic carbocycles. The Kier molecular flexibility index (Phi) is 2.49. The van der Waals surface area contributed by atoms with Gasteiger partial charge in [0.05, 0.1) is 6.04 Å². The maximum Gasteiger partial charge on any atom is 0.239 e. The van der Waals surface area contributed by atoms with Crippen molar-refractivity contribution in [2.75, 3.05) is 19.6 Å². The molecule has 0 aromatic rings. The minimum absolute atomic E-state index is 0.0950. The van der Waals surface area contributed by atoms with Gasteiger partial charge in [0, 0.05) is 26.1 Å². The van der Waals surface area contributed by atoms with E-state index >= 15 is 0 Å². The lowest BCUT2D eigenvalue weighted by atomic mass is 10.2. The van der Waals surface area contributed by atoms with Crippen LogP contribution in [0, 0.1) is 0 Å². The van der Waals surface area contributed by atoms with E-state index in [2.05, 4.69) is 5.32 Å². The normalized spacial score (nSPS) is 34.1. The summed E-state index contributed by atoms with van der Waals surface area (Å²) in [4.78, 5) is 13.5. The summed E-state index contributed by atoms with van der Waals surface area (Å²) in [6.07, 6.45) is 1.71. The third-order valence-corrected chi connectivity index (χ3v) is 2.79. The fourth-order valence-corrected chi connectivity index (χ4v) is 2.04. The zero-order valence-corrected chi connectivity index (χ0v) is 7.63. The summed E-state index contributed by atoms with van der Waals surface area (Å²) in [7, 11) is 0. The molecule has 13 heavy (non-hydrogen) atoms. The van der Waals surface area contributed by atoms with E-state index in [-0.39, 0.29) is 11.9 Å². The largest absolute Gasteiger partial charge is 0.341 e. The number of hydrogen-bond acceptors (Lipinski definition) is 2. The zero-order chi connectivity index (χ0) is 9.26. The Balaban J connectivity index is 1.89. The van der Waals surface area contributed by atoms with Gasteiger partial charge in [-0.3, -0.25) is 4.79 Å². The van der Waals surface area contributed by atoms with Crippen molar-refractivity contribution in [2.24, 2.45) is 0 Å². The van der Waals surface area contributed by atoms with Crippen LogP contribution in [0.2, 0.25) is 0 Å². The standard InChI is InChI=1S/C9H15FN2O/c10-7-5-8(11-6-7)9(13)12-3-1-2-4-12/h7-8,11H,1-6H2/t7-,8-/m1/s1. The van der Waals surface area contributed by atoms with Crippen molar-refractivity contribution in [2.45, 2.75) is 31.5 Å². The Morgan fingerprint density at radius 2 is 2.08 bits per heavy atom. The molecule has 2 aliphatic heterocycles. The van der Waals surface area contributed by atoms with Gasteiger partial charge in [-0.05, 0) is 12.8 Å². The van der Waals surface area contributed by atoms with Gasteiger partial charge in [0.25, 0.3) is 0 Å². The van der Waals surface area contributed by atoms with E-state index in [4.69, 9.17) is 0 Å². The summed E-state index contributed by atoms with van der Waals surface area (Å²) in [6, 6.07) is -0.256. The number of halogens is 1. The van der Waals surface area contributed by atoms with Gasteiger partial charge in [-0.15, -0.1) is 0 Å². The molecule has 0 unspecified atom stereocenters. The molecule has 2 atom stereocenters. The quantitative estimate of drug-likeness (QED) is 0.639. The molecule has 0 aromatic heterocycles. The molecular weight excluding hydrogens is 171 g/mol. The van der Waals surface area contributed by atoms with Crippen molar-refractivity contribution in [3.05, 3.63) is 0 Å². The van der Waals surface area contributed by atoms with Crippen LogP contribution in [0.3, 0.4) is 0 Å². The van der Waals surface area contributed by atoms with Crippen LogP contribution >= 0.6 is 0 Å². The summed E-state index contributed by atoms with van der Waals surface area (Å²) in [6.45, 7) is 2.05. The Morgan fingerprint density at radius 1 is 1.38 bits per heavy atom. The van der Waals surface area contributed by atoms with E-state index in [1.807, 2.05) is 4.90 Å². The highest BCUT2D eigenvalue weighted by atomic mass is 19.1. The van der Waals surface area contributed by atoms with Gasteiger partial charge in [0.15, 0.2) is 0 Å². The fraction of sp³-hybridized carbons (Fsp3) is 0.889. The van der Waals surface area contributed by atoms with Gasteiger partial charge in [0.1, 0.15) is 6.17 Å². The predicted octanol–water partition coefficient (Wildman–Crippen LogP) is 0.309. The van der Waals surface area contributed by atoms with Crippen LogP contribution in [-0.2, 0) is 4.79 Å². The van der Waals surface area contributed by atoms with Gasteiger partial charge in [0.2, 0.25) is 5.91 Å². The second kappa shape index (κ2) is 3.62. The summed E-state index contributed by atoms with van der Waals surface area (Å²) in [5.74, 6) is 0.0950. The van der Waals surface area contributed by atoms with Crippen LogP contribution in [0.4, 0.5) is 4.39 Å². The van der Waals surface area contributed by atoms with Crippen LogP contribution in [0.15, 0.2) is 0 Å². The molecule has 74 valence electrons. The average molecular weight is 186 g/mol. The van der Waals surface area contributed by atoms with Crippen LogP contribution in [-0.4, -0.2) is 42.7 Å². The van der Waals surface area contributed by atoms with Crippen molar-refractivity contribution < 1.29 is 9.18 Å². The summed E-state index contributed by atoms with van der Waals surface area (Å²) in [5, 5.41) is 2.92. The minimum Gasteiger partial charge on any atom is -0.341 e. The number of amides is 1. The molecule has 2 aliphatic rings. The molecular formula is C9H15FN2O. The molecule has 2 fully saturated rings. The lowest BCUT2D eigenvalue weighted by Crippen LogP contribution is -2.42. The highest BCUT2D eigenvalue weighted by molar-refractivity contribution is 5.82. The van der Waals surface area contributed by atoms with Crippen molar-refractivity contribution in [3.8, 4) is 0 Å². The molecule has 0 aromatic carbocycles. The molecule has 2 saturated heterocycles. The molecule has 0 spiro atoms. The molecule has 3 nitrogen and oxygen atoms in total. The first-order valence-electron chi connectivity index (χ1n) is 4.93. The molecule has 0 bridgehead atoms.